The molecule has 0 N–H and O–H groups in total. The van der Waals surface area contributed by atoms with Gasteiger partial charge in [-0.3, -0.25) is 14.4 Å². The van der Waals surface area contributed by atoms with Crippen molar-refractivity contribution in [3.63, 3.8) is 0 Å². The molecule has 1 aliphatic rings. The molecule has 1 heterocycles. The predicted octanol–water partition coefficient (Wildman–Crippen LogP) is 1.43. The van der Waals surface area contributed by atoms with Crippen LogP contribution in [0.15, 0.2) is 24.3 Å². The molecule has 0 aliphatic carbocycles. The Morgan fingerprint density at radius 3 is 2.12 bits per heavy atom. The Hall–Kier alpha value is -2.37. The van der Waals surface area contributed by atoms with Gasteiger partial charge in [0.25, 0.3) is 0 Å². The maximum absolute atomic E-state index is 12.4. The zero-order chi connectivity index (χ0) is 17.7. The standard InChI is InChI=1S/C18H25N3O3/c1-14-6-4-5-7-17(14)21(16(3)23)9-8-18(24)20-12-10-19(11-13-20)15(2)22/h4-7H,8-13H2,1-3H3. The molecule has 1 fully saturated rings. The molecule has 0 saturated carbocycles. The summed E-state index contributed by atoms with van der Waals surface area (Å²) in [4.78, 5) is 40.9. The summed E-state index contributed by atoms with van der Waals surface area (Å²) in [7, 11) is 0. The van der Waals surface area contributed by atoms with Crippen LogP contribution in [0.1, 0.15) is 25.8 Å². The van der Waals surface area contributed by atoms with Crippen LogP contribution >= 0.6 is 0 Å². The molecule has 0 atom stereocenters. The van der Waals surface area contributed by atoms with Crippen molar-refractivity contribution >= 4 is 23.4 Å². The third kappa shape index (κ3) is 4.34. The number of para-hydroxylation sites is 1. The smallest absolute Gasteiger partial charge is 0.224 e. The lowest BCUT2D eigenvalue weighted by Gasteiger charge is -2.34. The Bertz CT molecular complexity index is 622. The highest BCUT2D eigenvalue weighted by Gasteiger charge is 2.23. The first-order valence-corrected chi connectivity index (χ1v) is 8.27. The number of hydrogen-bond acceptors (Lipinski definition) is 3. The van der Waals surface area contributed by atoms with Gasteiger partial charge in [-0.1, -0.05) is 18.2 Å². The first kappa shape index (κ1) is 18.0. The first-order valence-electron chi connectivity index (χ1n) is 8.27. The van der Waals surface area contributed by atoms with E-state index >= 15 is 0 Å². The monoisotopic (exact) mass is 331 g/mol. The van der Waals surface area contributed by atoms with Gasteiger partial charge in [-0.15, -0.1) is 0 Å². The summed E-state index contributed by atoms with van der Waals surface area (Å²) in [5.74, 6) is 0.000872. The maximum atomic E-state index is 12.4. The van der Waals surface area contributed by atoms with E-state index in [2.05, 4.69) is 0 Å². The Kier molecular flexibility index (Phi) is 5.95. The van der Waals surface area contributed by atoms with Crippen LogP contribution in [0.2, 0.25) is 0 Å². The molecule has 1 aromatic rings. The van der Waals surface area contributed by atoms with Crippen molar-refractivity contribution in [3.05, 3.63) is 29.8 Å². The predicted molar refractivity (Wildman–Crippen MR) is 92.7 cm³/mol. The minimum atomic E-state index is -0.0708. The molecular weight excluding hydrogens is 306 g/mol. The summed E-state index contributed by atoms with van der Waals surface area (Å²) in [5.41, 5.74) is 1.86. The Labute approximate surface area is 143 Å². The van der Waals surface area contributed by atoms with Gasteiger partial charge in [0, 0.05) is 58.7 Å². The number of hydrogen-bond donors (Lipinski definition) is 0. The van der Waals surface area contributed by atoms with E-state index in [0.717, 1.165) is 11.3 Å². The Morgan fingerprint density at radius 2 is 1.58 bits per heavy atom. The number of carbonyl (C=O) groups is 3. The number of rotatable bonds is 4. The molecule has 6 nitrogen and oxygen atoms in total. The van der Waals surface area contributed by atoms with Crippen LogP contribution in [0, 0.1) is 6.92 Å². The molecular formula is C18H25N3O3. The van der Waals surface area contributed by atoms with E-state index in [0.29, 0.717) is 32.7 Å². The molecule has 1 aromatic carbocycles. The van der Waals surface area contributed by atoms with Crippen LogP contribution < -0.4 is 4.90 Å². The summed E-state index contributed by atoms with van der Waals surface area (Å²) in [5, 5.41) is 0. The average molecular weight is 331 g/mol. The van der Waals surface area contributed by atoms with Crippen molar-refractivity contribution in [3.8, 4) is 0 Å². The number of nitrogens with zero attached hydrogens (tertiary/aromatic N) is 3. The van der Waals surface area contributed by atoms with E-state index in [1.54, 1.807) is 21.6 Å². The van der Waals surface area contributed by atoms with Crippen molar-refractivity contribution in [2.24, 2.45) is 0 Å². The SMILES string of the molecule is CC(=O)N1CCN(C(=O)CCN(C(C)=O)c2ccccc2C)CC1. The van der Waals surface area contributed by atoms with Crippen molar-refractivity contribution in [2.45, 2.75) is 27.2 Å². The largest absolute Gasteiger partial charge is 0.339 e. The van der Waals surface area contributed by atoms with Gasteiger partial charge in [0.05, 0.1) is 0 Å². The first-order chi connectivity index (χ1) is 11.4. The molecule has 0 bridgehead atoms. The summed E-state index contributed by atoms with van der Waals surface area (Å²) in [6, 6.07) is 7.67. The Balaban J connectivity index is 1.93. The van der Waals surface area contributed by atoms with Gasteiger partial charge in [0.2, 0.25) is 17.7 Å². The third-order valence-corrected chi connectivity index (χ3v) is 4.41. The summed E-state index contributed by atoms with van der Waals surface area (Å²) < 4.78 is 0. The fourth-order valence-corrected chi connectivity index (χ4v) is 2.95. The molecule has 24 heavy (non-hydrogen) atoms. The lowest BCUT2D eigenvalue weighted by Crippen LogP contribution is -2.50. The van der Waals surface area contributed by atoms with Gasteiger partial charge in [0.15, 0.2) is 0 Å². The second kappa shape index (κ2) is 7.95. The molecule has 1 aliphatic heterocycles. The van der Waals surface area contributed by atoms with E-state index in [4.69, 9.17) is 0 Å². The number of anilines is 1. The summed E-state index contributed by atoms with van der Waals surface area (Å²) >= 11 is 0. The normalized spacial score (nSPS) is 14.5. The van der Waals surface area contributed by atoms with Crippen molar-refractivity contribution in [1.82, 2.24) is 9.80 Å². The van der Waals surface area contributed by atoms with Gasteiger partial charge in [-0.2, -0.15) is 0 Å². The molecule has 6 heteroatoms. The minimum Gasteiger partial charge on any atom is -0.339 e. The highest BCUT2D eigenvalue weighted by Crippen LogP contribution is 2.20. The van der Waals surface area contributed by atoms with Gasteiger partial charge in [-0.05, 0) is 18.6 Å². The topological polar surface area (TPSA) is 60.9 Å². The summed E-state index contributed by atoms with van der Waals surface area (Å²) in [6.45, 7) is 7.66. The van der Waals surface area contributed by atoms with E-state index in [-0.39, 0.29) is 24.1 Å². The van der Waals surface area contributed by atoms with Crippen LogP contribution in [0.4, 0.5) is 5.69 Å². The van der Waals surface area contributed by atoms with Crippen LogP contribution in [0.25, 0.3) is 0 Å². The van der Waals surface area contributed by atoms with E-state index in [1.165, 1.54) is 6.92 Å². The summed E-state index contributed by atoms with van der Waals surface area (Å²) in [6.07, 6.45) is 0.286. The van der Waals surface area contributed by atoms with Crippen molar-refractivity contribution in [2.75, 3.05) is 37.6 Å². The highest BCUT2D eigenvalue weighted by molar-refractivity contribution is 5.93. The fraction of sp³-hybridized carbons (Fsp3) is 0.500. The van der Waals surface area contributed by atoms with Gasteiger partial charge in [0.1, 0.15) is 0 Å². The van der Waals surface area contributed by atoms with Crippen molar-refractivity contribution in [1.29, 1.82) is 0 Å². The second-order valence-corrected chi connectivity index (χ2v) is 6.09. The number of piperazine rings is 1. The van der Waals surface area contributed by atoms with Crippen LogP contribution in [-0.4, -0.2) is 60.2 Å². The highest BCUT2D eigenvalue weighted by atomic mass is 16.2. The minimum absolute atomic E-state index is 0.0260. The molecule has 2 rings (SSSR count). The molecule has 0 aromatic heterocycles. The van der Waals surface area contributed by atoms with Crippen LogP contribution in [0.5, 0.6) is 0 Å². The molecule has 0 radical (unpaired) electrons. The maximum Gasteiger partial charge on any atom is 0.224 e. The molecule has 0 unspecified atom stereocenters. The number of carbonyl (C=O) groups excluding carboxylic acids is 3. The second-order valence-electron chi connectivity index (χ2n) is 6.09. The third-order valence-electron chi connectivity index (χ3n) is 4.41. The molecule has 3 amide bonds. The Morgan fingerprint density at radius 1 is 1.00 bits per heavy atom. The quantitative estimate of drug-likeness (QED) is 0.838. The van der Waals surface area contributed by atoms with E-state index < -0.39 is 0 Å². The van der Waals surface area contributed by atoms with E-state index in [9.17, 15) is 14.4 Å². The molecule has 130 valence electrons. The zero-order valence-electron chi connectivity index (χ0n) is 14.6. The lowest BCUT2D eigenvalue weighted by atomic mass is 10.1. The van der Waals surface area contributed by atoms with Crippen LogP contribution in [-0.2, 0) is 14.4 Å². The van der Waals surface area contributed by atoms with Gasteiger partial charge >= 0.3 is 0 Å². The van der Waals surface area contributed by atoms with E-state index in [1.807, 2.05) is 31.2 Å². The van der Waals surface area contributed by atoms with Crippen molar-refractivity contribution < 1.29 is 14.4 Å². The lowest BCUT2D eigenvalue weighted by molar-refractivity contribution is -0.138. The van der Waals surface area contributed by atoms with Gasteiger partial charge in [-0.25, -0.2) is 0 Å². The average Bonchev–Trinajstić information content (AvgIpc) is 2.56. The number of aryl methyl sites for hydroxylation is 1. The molecule has 0 spiro atoms. The molecule has 1 saturated heterocycles. The number of benzene rings is 1. The zero-order valence-corrected chi connectivity index (χ0v) is 14.6. The van der Waals surface area contributed by atoms with Gasteiger partial charge < -0.3 is 14.7 Å². The number of amides is 3. The van der Waals surface area contributed by atoms with Crippen LogP contribution in [0.3, 0.4) is 0 Å². The fourth-order valence-electron chi connectivity index (χ4n) is 2.95.